The van der Waals surface area contributed by atoms with Gasteiger partial charge in [0.25, 0.3) is 0 Å². The van der Waals surface area contributed by atoms with Gasteiger partial charge in [0.1, 0.15) is 0 Å². The predicted octanol–water partition coefficient (Wildman–Crippen LogP) is 7.47. The minimum atomic E-state index is -4.59. The van der Waals surface area contributed by atoms with Crippen LogP contribution < -0.4 is 5.32 Å². The zero-order valence-corrected chi connectivity index (χ0v) is 24.4. The number of carbonyl (C=O) groups is 1. The maximum Gasteiger partial charge on any atom is 0.469 e. The van der Waals surface area contributed by atoms with Crippen LogP contribution in [0.3, 0.4) is 0 Å². The van der Waals surface area contributed by atoms with Gasteiger partial charge in [0, 0.05) is 9.99 Å². The van der Waals surface area contributed by atoms with Gasteiger partial charge in [-0.1, -0.05) is 82.6 Å². The van der Waals surface area contributed by atoms with Crippen LogP contribution in [0.4, 0.5) is 0 Å². The van der Waals surface area contributed by atoms with Crippen molar-refractivity contribution in [1.82, 2.24) is 5.32 Å². The van der Waals surface area contributed by atoms with Crippen molar-refractivity contribution in [3.8, 4) is 0 Å². The highest BCUT2D eigenvalue weighted by Gasteiger charge is 2.20. The van der Waals surface area contributed by atoms with Gasteiger partial charge in [-0.05, 0) is 78.8 Å². The van der Waals surface area contributed by atoms with Gasteiger partial charge in [0.05, 0.1) is 12.6 Å². The number of hydrogen-bond donors (Lipinski definition) is 3. The van der Waals surface area contributed by atoms with Gasteiger partial charge in [-0.25, -0.2) is 4.57 Å². The first-order valence-electron chi connectivity index (χ1n) is 13.2. The molecule has 0 saturated heterocycles. The molecule has 1 amide bonds. The second-order valence-electron chi connectivity index (χ2n) is 9.22. The molecule has 1 rings (SSSR count). The van der Waals surface area contributed by atoms with Gasteiger partial charge >= 0.3 is 7.82 Å². The van der Waals surface area contributed by atoms with E-state index < -0.39 is 13.9 Å². The molecule has 0 aliphatic carbocycles. The maximum absolute atomic E-state index is 12.4. The van der Waals surface area contributed by atoms with Crippen LogP contribution in [0.5, 0.6) is 0 Å². The van der Waals surface area contributed by atoms with Gasteiger partial charge in [-0.3, -0.25) is 9.32 Å². The van der Waals surface area contributed by atoms with Crippen LogP contribution in [0, 0.1) is 3.57 Å². The molecule has 0 saturated carbocycles. The van der Waals surface area contributed by atoms with Gasteiger partial charge in [0.15, 0.2) is 0 Å². The number of allylic oxidation sites excluding steroid dienone is 2. The molecule has 0 radical (unpaired) electrons. The van der Waals surface area contributed by atoms with Crippen LogP contribution in [-0.4, -0.2) is 28.3 Å². The van der Waals surface area contributed by atoms with Crippen molar-refractivity contribution in [2.45, 2.75) is 109 Å². The Hall–Kier alpha value is -0.730. The normalized spacial score (nSPS) is 12.8. The molecular formula is C27H45INO5P. The number of carbonyl (C=O) groups excluding carboxylic acids is 1. The lowest BCUT2D eigenvalue weighted by Gasteiger charge is -2.19. The third-order valence-corrected chi connectivity index (χ3v) is 7.07. The highest BCUT2D eigenvalue weighted by Crippen LogP contribution is 2.35. The van der Waals surface area contributed by atoms with Crippen LogP contribution >= 0.6 is 30.4 Å². The molecule has 0 spiro atoms. The van der Waals surface area contributed by atoms with Gasteiger partial charge in [-0.15, -0.1) is 0 Å². The van der Waals surface area contributed by atoms with Crippen LogP contribution in [0.2, 0.25) is 0 Å². The number of phosphoric ester groups is 1. The molecule has 0 heterocycles. The molecule has 0 aliphatic heterocycles. The zero-order chi connectivity index (χ0) is 25.8. The van der Waals surface area contributed by atoms with E-state index in [0.717, 1.165) is 34.8 Å². The summed E-state index contributed by atoms with van der Waals surface area (Å²) in [6.45, 7) is 2.02. The Morgan fingerprint density at radius 2 is 1.49 bits per heavy atom. The zero-order valence-electron chi connectivity index (χ0n) is 21.3. The highest BCUT2D eigenvalue weighted by molar-refractivity contribution is 14.1. The first-order chi connectivity index (χ1) is 16.8. The highest BCUT2D eigenvalue weighted by atomic mass is 127. The minimum absolute atomic E-state index is 0.104. The summed E-state index contributed by atoms with van der Waals surface area (Å²) in [6.07, 6.45) is 21.2. The van der Waals surface area contributed by atoms with Crippen LogP contribution in [-0.2, 0) is 20.3 Å². The van der Waals surface area contributed by atoms with Crippen molar-refractivity contribution in [3.05, 3.63) is 45.6 Å². The number of unbranched alkanes of at least 4 members (excludes halogenated alkanes) is 11. The Morgan fingerprint density at radius 3 is 2.06 bits per heavy atom. The summed E-state index contributed by atoms with van der Waals surface area (Å²) in [4.78, 5) is 30.4. The predicted molar refractivity (Wildman–Crippen MR) is 152 cm³/mol. The van der Waals surface area contributed by atoms with E-state index in [-0.39, 0.29) is 12.5 Å². The molecule has 0 fully saturated rings. The van der Waals surface area contributed by atoms with Gasteiger partial charge < -0.3 is 15.1 Å². The number of halogens is 1. The molecule has 3 N–H and O–H groups in total. The van der Waals surface area contributed by atoms with E-state index in [0.29, 0.717) is 12.8 Å². The number of amides is 1. The van der Waals surface area contributed by atoms with E-state index in [4.69, 9.17) is 9.79 Å². The third kappa shape index (κ3) is 20.1. The van der Waals surface area contributed by atoms with E-state index >= 15 is 0 Å². The molecule has 1 aromatic carbocycles. The summed E-state index contributed by atoms with van der Waals surface area (Å²) in [5.74, 6) is -0.104. The quantitative estimate of drug-likeness (QED) is 0.0573. The first-order valence-corrected chi connectivity index (χ1v) is 15.8. The molecule has 35 heavy (non-hydrogen) atoms. The molecule has 0 aromatic heterocycles. The van der Waals surface area contributed by atoms with E-state index in [2.05, 4.69) is 51.5 Å². The topological polar surface area (TPSA) is 95.9 Å². The van der Waals surface area contributed by atoms with Crippen LogP contribution in [0.25, 0.3) is 0 Å². The number of rotatable bonds is 21. The Kier molecular flexibility index (Phi) is 18.8. The van der Waals surface area contributed by atoms with Gasteiger partial charge in [0.2, 0.25) is 5.91 Å². The van der Waals surface area contributed by atoms with Crippen molar-refractivity contribution in [2.75, 3.05) is 6.61 Å². The summed E-state index contributed by atoms with van der Waals surface area (Å²) < 4.78 is 16.9. The van der Waals surface area contributed by atoms with E-state index in [1.807, 2.05) is 24.3 Å². The molecule has 1 atom stereocenters. The number of hydrogen-bond acceptors (Lipinski definition) is 3. The van der Waals surface area contributed by atoms with Crippen molar-refractivity contribution in [1.29, 1.82) is 0 Å². The fourth-order valence-corrected chi connectivity index (χ4v) is 4.63. The summed E-state index contributed by atoms with van der Waals surface area (Å²) in [5, 5.41) is 2.88. The average Bonchev–Trinajstić information content (AvgIpc) is 2.81. The van der Waals surface area contributed by atoms with E-state index in [1.54, 1.807) is 0 Å². The smallest absolute Gasteiger partial charge is 0.351 e. The lowest BCUT2D eigenvalue weighted by atomic mass is 10.1. The molecule has 1 aromatic rings. The fraction of sp³-hybridized carbons (Fsp3) is 0.667. The monoisotopic (exact) mass is 621 g/mol. The van der Waals surface area contributed by atoms with E-state index in [9.17, 15) is 9.36 Å². The lowest BCUT2D eigenvalue weighted by Crippen LogP contribution is -2.39. The SMILES string of the molecule is CCCCCCCCC=CCCCCCCCC(=O)N[C@@H](COP(=O)(O)O)Cc1ccc(I)cc1. The van der Waals surface area contributed by atoms with E-state index in [1.165, 1.54) is 57.8 Å². The van der Waals surface area contributed by atoms with Crippen LogP contribution in [0.15, 0.2) is 36.4 Å². The summed E-state index contributed by atoms with van der Waals surface area (Å²) in [6, 6.07) is 7.33. The lowest BCUT2D eigenvalue weighted by molar-refractivity contribution is -0.122. The summed E-state index contributed by atoms with van der Waals surface area (Å²) in [7, 11) is -4.59. The van der Waals surface area contributed by atoms with Crippen LogP contribution in [0.1, 0.15) is 102 Å². The maximum atomic E-state index is 12.4. The Morgan fingerprint density at radius 1 is 0.943 bits per heavy atom. The standard InChI is InChI=1S/C27H45INO5P/c1-2-3-4-5-6-7-8-9-10-11-12-13-14-15-16-17-27(30)29-26(23-34-35(31,32)33)22-24-18-20-25(28)21-19-24/h9-10,18-21,26H,2-8,11-17,22-23H2,1H3,(H,29,30)(H2,31,32,33)/t26-/m1/s1. The molecular weight excluding hydrogens is 576 g/mol. The second kappa shape index (κ2) is 20.3. The van der Waals surface area contributed by atoms with Gasteiger partial charge in [-0.2, -0.15) is 0 Å². The summed E-state index contributed by atoms with van der Waals surface area (Å²) in [5.41, 5.74) is 0.978. The molecule has 200 valence electrons. The molecule has 0 bridgehead atoms. The number of benzene rings is 1. The first kappa shape index (κ1) is 32.3. The van der Waals surface area contributed by atoms with Crippen molar-refractivity contribution in [3.63, 3.8) is 0 Å². The second-order valence-corrected chi connectivity index (χ2v) is 11.7. The Labute approximate surface area is 226 Å². The molecule has 0 aliphatic rings. The average molecular weight is 622 g/mol. The van der Waals surface area contributed by atoms with Crippen molar-refractivity contribution in [2.24, 2.45) is 0 Å². The number of phosphoric acid groups is 1. The minimum Gasteiger partial charge on any atom is -0.351 e. The third-order valence-electron chi connectivity index (χ3n) is 5.87. The fourth-order valence-electron chi connectivity index (χ4n) is 3.90. The Bertz CT molecular complexity index is 750. The molecule has 6 nitrogen and oxygen atoms in total. The summed E-state index contributed by atoms with van der Waals surface area (Å²) >= 11 is 2.22. The van der Waals surface area contributed by atoms with Crippen molar-refractivity contribution >= 4 is 36.3 Å². The van der Waals surface area contributed by atoms with Crippen molar-refractivity contribution < 1.29 is 23.7 Å². The molecule has 8 heteroatoms. The largest absolute Gasteiger partial charge is 0.469 e. The number of nitrogens with one attached hydrogen (secondary N) is 1. The molecule has 0 unspecified atom stereocenters. The Balaban J connectivity index is 2.15.